The number of hydrogen-bond donors (Lipinski definition) is 0. The van der Waals surface area contributed by atoms with E-state index in [0.29, 0.717) is 0 Å². The predicted molar refractivity (Wildman–Crippen MR) is 63.4 cm³/mol. The van der Waals surface area contributed by atoms with Crippen molar-refractivity contribution in [2.75, 3.05) is 13.1 Å². The Balaban J connectivity index is 2.77. The molecule has 1 saturated heterocycles. The van der Waals surface area contributed by atoms with E-state index in [4.69, 9.17) is 0 Å². The fourth-order valence-electron chi connectivity index (χ4n) is 2.18. The molecular formula is C13H21N. The van der Waals surface area contributed by atoms with Crippen molar-refractivity contribution in [3.05, 3.63) is 38.0 Å². The molecule has 0 bridgehead atoms. The van der Waals surface area contributed by atoms with Gasteiger partial charge in [-0.1, -0.05) is 24.6 Å². The Bertz CT molecular complexity index is 203. The van der Waals surface area contributed by atoms with E-state index < -0.39 is 0 Å². The van der Waals surface area contributed by atoms with Gasteiger partial charge in [0.1, 0.15) is 0 Å². The Labute approximate surface area is 87.8 Å². The van der Waals surface area contributed by atoms with Crippen molar-refractivity contribution in [2.45, 2.75) is 31.2 Å². The normalized spacial score (nSPS) is 18.9. The zero-order valence-electron chi connectivity index (χ0n) is 9.04. The number of likely N-dealkylation sites (tertiary alicyclic amines) is 1. The maximum Gasteiger partial charge on any atom is 0.0604 e. The molecule has 0 spiro atoms. The minimum absolute atomic E-state index is 0.0534. The topological polar surface area (TPSA) is 3.24 Å². The van der Waals surface area contributed by atoms with Gasteiger partial charge in [0.05, 0.1) is 5.54 Å². The van der Waals surface area contributed by atoms with Crippen molar-refractivity contribution < 1.29 is 0 Å². The fourth-order valence-corrected chi connectivity index (χ4v) is 2.18. The average molecular weight is 191 g/mol. The van der Waals surface area contributed by atoms with E-state index in [2.05, 4.69) is 24.6 Å². The van der Waals surface area contributed by atoms with Crippen LogP contribution in [-0.4, -0.2) is 23.5 Å². The second kappa shape index (κ2) is 5.16. The molecule has 0 amide bonds. The van der Waals surface area contributed by atoms with Crippen molar-refractivity contribution in [3.63, 3.8) is 0 Å². The van der Waals surface area contributed by atoms with Crippen LogP contribution in [0.2, 0.25) is 0 Å². The molecular weight excluding hydrogens is 170 g/mol. The molecule has 0 aromatic carbocycles. The Kier molecular flexibility index (Phi) is 4.15. The summed E-state index contributed by atoms with van der Waals surface area (Å²) < 4.78 is 0. The Morgan fingerprint density at radius 3 is 2.00 bits per heavy atom. The molecule has 0 radical (unpaired) electrons. The molecule has 1 nitrogen and oxygen atoms in total. The van der Waals surface area contributed by atoms with Gasteiger partial charge < -0.3 is 0 Å². The molecule has 1 aliphatic rings. The first-order valence-electron chi connectivity index (χ1n) is 5.42. The maximum atomic E-state index is 3.94. The third-order valence-corrected chi connectivity index (χ3v) is 3.12. The molecule has 1 aliphatic heterocycles. The molecule has 0 aromatic heterocycles. The largest absolute Gasteiger partial charge is 0.291 e. The lowest BCUT2D eigenvalue weighted by Crippen LogP contribution is -2.47. The van der Waals surface area contributed by atoms with Gasteiger partial charge in [0.15, 0.2) is 0 Å². The van der Waals surface area contributed by atoms with Gasteiger partial charge in [-0.05, 0) is 32.4 Å². The van der Waals surface area contributed by atoms with Gasteiger partial charge in [0.2, 0.25) is 0 Å². The third kappa shape index (κ3) is 2.16. The lowest BCUT2D eigenvalue weighted by molar-refractivity contribution is 0.142. The van der Waals surface area contributed by atoms with Crippen LogP contribution in [0.1, 0.15) is 25.7 Å². The molecule has 14 heavy (non-hydrogen) atoms. The summed E-state index contributed by atoms with van der Waals surface area (Å²) in [6, 6.07) is 0. The molecule has 0 saturated carbocycles. The first-order valence-corrected chi connectivity index (χ1v) is 5.42. The Morgan fingerprint density at radius 2 is 1.57 bits per heavy atom. The molecule has 0 N–H and O–H groups in total. The molecule has 1 rings (SSSR count). The molecule has 0 aromatic rings. The highest BCUT2D eigenvalue weighted by molar-refractivity contribution is 5.17. The highest BCUT2D eigenvalue weighted by Crippen LogP contribution is 2.26. The monoisotopic (exact) mass is 191 g/mol. The van der Waals surface area contributed by atoms with Gasteiger partial charge in [0, 0.05) is 0 Å². The van der Waals surface area contributed by atoms with Crippen molar-refractivity contribution in [3.8, 4) is 0 Å². The third-order valence-electron chi connectivity index (χ3n) is 3.12. The summed E-state index contributed by atoms with van der Waals surface area (Å²) in [5.41, 5.74) is -0.0534. The van der Waals surface area contributed by atoms with Gasteiger partial charge >= 0.3 is 0 Å². The summed E-state index contributed by atoms with van der Waals surface area (Å²) in [6.45, 7) is 14.0. The average Bonchev–Trinajstić information content (AvgIpc) is 2.27. The van der Waals surface area contributed by atoms with Crippen LogP contribution in [0, 0.1) is 0 Å². The van der Waals surface area contributed by atoms with Gasteiger partial charge in [-0.15, -0.1) is 19.7 Å². The Hall–Kier alpha value is -0.820. The van der Waals surface area contributed by atoms with Gasteiger partial charge in [0.25, 0.3) is 0 Å². The fraction of sp³-hybridized carbons (Fsp3) is 0.538. The zero-order valence-corrected chi connectivity index (χ0v) is 9.04. The zero-order chi connectivity index (χ0) is 10.4. The molecule has 0 unspecified atom stereocenters. The van der Waals surface area contributed by atoms with Crippen molar-refractivity contribution >= 4 is 0 Å². The Morgan fingerprint density at radius 1 is 1.00 bits per heavy atom. The molecule has 0 aliphatic carbocycles. The van der Waals surface area contributed by atoms with E-state index in [1.807, 2.05) is 18.2 Å². The second-order valence-electron chi connectivity index (χ2n) is 3.94. The first kappa shape index (κ1) is 11.3. The molecule has 1 heterocycles. The first-order chi connectivity index (χ1) is 6.79. The SMILES string of the molecule is C=CCC(C=C)(C=C)N1CCCCC1. The highest BCUT2D eigenvalue weighted by atomic mass is 15.2. The van der Waals surface area contributed by atoms with Crippen molar-refractivity contribution in [1.29, 1.82) is 0 Å². The van der Waals surface area contributed by atoms with Crippen LogP contribution in [0.15, 0.2) is 38.0 Å². The molecule has 1 heteroatoms. The van der Waals surface area contributed by atoms with Gasteiger partial charge in [-0.2, -0.15) is 0 Å². The number of piperidine rings is 1. The van der Waals surface area contributed by atoms with E-state index in [0.717, 1.165) is 19.5 Å². The number of nitrogens with zero attached hydrogens (tertiary/aromatic N) is 1. The summed E-state index contributed by atoms with van der Waals surface area (Å²) in [4.78, 5) is 2.47. The standard InChI is InChI=1S/C13H21N/c1-4-10-13(5-2,6-3)14-11-8-7-9-12-14/h4-6H,1-3,7-12H2. The number of rotatable bonds is 5. The number of hydrogen-bond acceptors (Lipinski definition) is 1. The lowest BCUT2D eigenvalue weighted by atomic mass is 9.91. The molecule has 0 atom stereocenters. The van der Waals surface area contributed by atoms with Crippen molar-refractivity contribution in [1.82, 2.24) is 4.90 Å². The van der Waals surface area contributed by atoms with Gasteiger partial charge in [-0.25, -0.2) is 0 Å². The van der Waals surface area contributed by atoms with Crippen LogP contribution in [-0.2, 0) is 0 Å². The van der Waals surface area contributed by atoms with E-state index in [1.165, 1.54) is 19.3 Å². The van der Waals surface area contributed by atoms with E-state index >= 15 is 0 Å². The summed E-state index contributed by atoms with van der Waals surface area (Å²) in [6.07, 6.45) is 10.8. The van der Waals surface area contributed by atoms with Crippen LogP contribution in [0.25, 0.3) is 0 Å². The summed E-state index contributed by atoms with van der Waals surface area (Å²) in [5.74, 6) is 0. The van der Waals surface area contributed by atoms with Crippen LogP contribution in [0.3, 0.4) is 0 Å². The van der Waals surface area contributed by atoms with E-state index in [9.17, 15) is 0 Å². The van der Waals surface area contributed by atoms with E-state index in [1.54, 1.807) is 0 Å². The maximum absolute atomic E-state index is 3.94. The highest BCUT2D eigenvalue weighted by Gasteiger charge is 2.29. The van der Waals surface area contributed by atoms with Crippen molar-refractivity contribution in [2.24, 2.45) is 0 Å². The van der Waals surface area contributed by atoms with Crippen LogP contribution in [0.5, 0.6) is 0 Å². The summed E-state index contributed by atoms with van der Waals surface area (Å²) in [7, 11) is 0. The molecule has 78 valence electrons. The minimum Gasteiger partial charge on any atom is -0.291 e. The second-order valence-corrected chi connectivity index (χ2v) is 3.94. The van der Waals surface area contributed by atoms with Crippen LogP contribution < -0.4 is 0 Å². The van der Waals surface area contributed by atoms with Crippen LogP contribution in [0.4, 0.5) is 0 Å². The van der Waals surface area contributed by atoms with Crippen LogP contribution >= 0.6 is 0 Å². The lowest BCUT2D eigenvalue weighted by Gasteiger charge is -2.41. The minimum atomic E-state index is -0.0534. The predicted octanol–water partition coefficient (Wildman–Crippen LogP) is 3.16. The summed E-state index contributed by atoms with van der Waals surface area (Å²) in [5, 5.41) is 0. The molecule has 1 fully saturated rings. The smallest absolute Gasteiger partial charge is 0.0604 e. The van der Waals surface area contributed by atoms with Gasteiger partial charge in [-0.3, -0.25) is 4.90 Å². The quantitative estimate of drug-likeness (QED) is 0.603. The van der Waals surface area contributed by atoms with E-state index in [-0.39, 0.29) is 5.54 Å². The summed E-state index contributed by atoms with van der Waals surface area (Å²) >= 11 is 0.